The minimum absolute atomic E-state index is 0.0314. The highest BCUT2D eigenvalue weighted by atomic mass is 16.3. The van der Waals surface area contributed by atoms with Gasteiger partial charge in [0.05, 0.1) is 18.6 Å². The number of rotatable bonds is 10. The number of aliphatic hydroxyl groups excluding tert-OH is 1. The van der Waals surface area contributed by atoms with Gasteiger partial charge in [-0.2, -0.15) is 0 Å². The van der Waals surface area contributed by atoms with Crippen molar-refractivity contribution in [2.45, 2.75) is 221 Å². The fraction of sp³-hybridized carbons (Fsp3) is 0.742. The van der Waals surface area contributed by atoms with E-state index in [0.717, 1.165) is 25.2 Å². The molecule has 504 valence electrons. The van der Waals surface area contributed by atoms with E-state index in [-0.39, 0.29) is 88.7 Å². The lowest BCUT2D eigenvalue weighted by atomic mass is 9.94. The van der Waals surface area contributed by atoms with Gasteiger partial charge in [0.15, 0.2) is 0 Å². The second-order valence-corrected chi connectivity index (χ2v) is 26.0. The Hall–Kier alpha value is -6.65. The van der Waals surface area contributed by atoms with Gasteiger partial charge in [-0.05, 0) is 81.6 Å². The maximum atomic E-state index is 14.7. The van der Waals surface area contributed by atoms with Crippen molar-refractivity contribution in [2.75, 3.05) is 75.0 Å². The van der Waals surface area contributed by atoms with Gasteiger partial charge in [-0.15, -0.1) is 0 Å². The molecule has 0 aliphatic carbocycles. The van der Waals surface area contributed by atoms with Crippen LogP contribution in [0.1, 0.15) is 172 Å². The van der Waals surface area contributed by atoms with Crippen LogP contribution in [0.25, 0.3) is 0 Å². The van der Waals surface area contributed by atoms with E-state index < -0.39 is 113 Å². The molecule has 9 atom stereocenters. The first-order valence-corrected chi connectivity index (χ1v) is 32.5. The number of piperidine rings is 1. The molecule has 1 aromatic rings. The number of aliphatic hydroxyl groups is 1. The number of nitrogens with zero attached hydrogens (tertiary/aromatic N) is 7. The molecule has 0 unspecified atom stereocenters. The molecule has 89 heavy (non-hydrogen) atoms. The average Bonchev–Trinajstić information content (AvgIpc) is 1.89. The number of hydrogen-bond donors (Lipinski definition) is 5. The van der Waals surface area contributed by atoms with E-state index in [4.69, 9.17) is 0 Å². The van der Waals surface area contributed by atoms with Crippen LogP contribution >= 0.6 is 0 Å². The Balaban J connectivity index is 0.00000517. The number of carbonyl (C=O) groups is 11. The minimum atomic E-state index is -1.28. The zero-order valence-corrected chi connectivity index (χ0v) is 57.0. The van der Waals surface area contributed by atoms with Crippen molar-refractivity contribution in [1.82, 2.24) is 55.6 Å². The molecule has 2 aliphatic rings. The molecule has 3 rings (SSSR count). The lowest BCUT2D eigenvalue weighted by Crippen LogP contribution is -2.59. The summed E-state index contributed by atoms with van der Waals surface area (Å²) in [5, 5.41) is 22.0. The normalized spacial score (nSPS) is 24.8. The third-order valence-electron chi connectivity index (χ3n) is 17.2. The summed E-state index contributed by atoms with van der Waals surface area (Å²) in [5.41, 5.74) is 0.710. The van der Waals surface area contributed by atoms with Crippen molar-refractivity contribution >= 4 is 65.0 Å². The zero-order chi connectivity index (χ0) is 67.4. The van der Waals surface area contributed by atoms with Crippen molar-refractivity contribution in [3.05, 3.63) is 35.9 Å². The molecule has 0 aromatic heterocycles. The van der Waals surface area contributed by atoms with E-state index in [9.17, 15) is 57.8 Å². The summed E-state index contributed by atoms with van der Waals surface area (Å²) >= 11 is 0. The molecule has 2 saturated heterocycles. The molecule has 0 radical (unpaired) electrons. The topological polar surface area (TPSA) is 279 Å². The summed E-state index contributed by atoms with van der Waals surface area (Å²) in [5.74, 6) is -5.29. The summed E-state index contributed by atoms with van der Waals surface area (Å²) in [4.78, 5) is 164. The standard InChI is InChI=1S/C61H101N11O12.C5H12/c1-15-41(6)55-60(83)71(14)56(40(4)5)61(84)69(12)42(7)35-51(76)62-45(43(8)73)37-53(78)68(11)33-27-49(74)63-46(34-39(2)3)58(81)70(13)48(36-44-24-18-16-19-25-44)57(80)64-47(59(82)72-30-21-17-22-31-72)38-54(79)66(9)29-23-20-26-52(77)67(10)32-28-50(75)65-55;1-4-5(2)3/h16,18-19,24-25,39-43,45-48,55-56,73H,15,17,20-23,26-38H2,1-14H3,(H,62,76)(H,63,74)(H,64,80)(H,65,75);5H,4H2,1-3H3/t41-,42-,43+,45+,46-,47-,48-,55-,56-;/m0./s1. The van der Waals surface area contributed by atoms with Crippen molar-refractivity contribution in [2.24, 2.45) is 23.7 Å². The number of amides is 11. The smallest absolute Gasteiger partial charge is 0.245 e. The van der Waals surface area contributed by atoms with E-state index in [2.05, 4.69) is 42.0 Å². The molecule has 2 aliphatic heterocycles. The lowest BCUT2D eigenvalue weighted by Gasteiger charge is -2.38. The number of nitrogens with one attached hydrogen (secondary N) is 4. The minimum Gasteiger partial charge on any atom is -0.391 e. The van der Waals surface area contributed by atoms with E-state index >= 15 is 0 Å². The number of likely N-dealkylation sites (N-methyl/N-ethyl adjacent to an activating group) is 3. The number of carbonyl (C=O) groups excluding carboxylic acids is 11. The molecule has 23 nitrogen and oxygen atoms in total. The average molecular weight is 1250 g/mol. The van der Waals surface area contributed by atoms with Crippen LogP contribution in [-0.2, 0) is 59.2 Å². The Bertz CT molecular complexity index is 2450. The molecular weight excluding hydrogens is 1140 g/mol. The second-order valence-electron chi connectivity index (χ2n) is 26.0. The summed E-state index contributed by atoms with van der Waals surface area (Å²) in [6.45, 7) is 21.9. The fourth-order valence-corrected chi connectivity index (χ4v) is 10.4. The van der Waals surface area contributed by atoms with Crippen molar-refractivity contribution in [1.29, 1.82) is 0 Å². The molecule has 2 fully saturated rings. The Morgan fingerprint density at radius 1 is 0.551 bits per heavy atom. The van der Waals surface area contributed by atoms with Crippen molar-refractivity contribution in [3.8, 4) is 0 Å². The predicted octanol–water partition coefficient (Wildman–Crippen LogP) is 4.37. The van der Waals surface area contributed by atoms with Crippen LogP contribution in [0, 0.1) is 23.7 Å². The Labute approximate surface area is 531 Å². The molecule has 1 aromatic carbocycles. The van der Waals surface area contributed by atoms with Crippen molar-refractivity contribution < 1.29 is 57.8 Å². The van der Waals surface area contributed by atoms with Gasteiger partial charge in [0.25, 0.3) is 0 Å². The SMILES string of the molecule is CCC(C)C.CC[C@H](C)[C@@H]1NC(=O)CCN(C)C(=O)CCCCN(C)C(=O)C[C@@H](C(=O)N2CCCCC2)NC(=O)[C@H](Cc2ccccc2)N(C)C(=O)[C@H](CC(C)C)NC(=O)CCN(C)C(=O)C[C@H]([C@@H](C)O)NC(=O)C[C@H](C)N(C)C(=O)[C@H](C(C)C)N(C)C1=O. The van der Waals surface area contributed by atoms with Crippen LogP contribution in [-0.4, -0.2) is 228 Å². The van der Waals surface area contributed by atoms with Gasteiger partial charge < -0.3 is 60.7 Å². The summed E-state index contributed by atoms with van der Waals surface area (Å²) in [6.07, 6.45) is 2.97. The van der Waals surface area contributed by atoms with E-state index in [0.29, 0.717) is 37.9 Å². The first-order chi connectivity index (χ1) is 41.8. The van der Waals surface area contributed by atoms with Crippen molar-refractivity contribution in [3.63, 3.8) is 0 Å². The molecule has 0 bridgehead atoms. The Kier molecular flexibility index (Phi) is 34.8. The van der Waals surface area contributed by atoms with Gasteiger partial charge in [-0.25, -0.2) is 0 Å². The molecular formula is C66H113N11O12. The molecule has 11 amide bonds. The maximum absolute atomic E-state index is 14.7. The van der Waals surface area contributed by atoms with E-state index in [1.165, 1.54) is 70.9 Å². The van der Waals surface area contributed by atoms with Gasteiger partial charge >= 0.3 is 0 Å². The van der Waals surface area contributed by atoms with E-state index in [1.54, 1.807) is 64.0 Å². The van der Waals surface area contributed by atoms with Crippen LogP contribution in [0.5, 0.6) is 0 Å². The van der Waals surface area contributed by atoms with Crippen LogP contribution in [0.15, 0.2) is 30.3 Å². The third kappa shape index (κ3) is 26.8. The van der Waals surface area contributed by atoms with Crippen LogP contribution < -0.4 is 21.3 Å². The molecule has 2 heterocycles. The highest BCUT2D eigenvalue weighted by Crippen LogP contribution is 2.21. The molecule has 0 spiro atoms. The highest BCUT2D eigenvalue weighted by molar-refractivity contribution is 5.96. The summed E-state index contributed by atoms with van der Waals surface area (Å²) in [7, 11) is 9.13. The zero-order valence-electron chi connectivity index (χ0n) is 57.0. The molecule has 0 saturated carbocycles. The summed E-state index contributed by atoms with van der Waals surface area (Å²) in [6, 6.07) is 1.68. The Morgan fingerprint density at radius 2 is 1.09 bits per heavy atom. The van der Waals surface area contributed by atoms with Gasteiger partial charge in [0.1, 0.15) is 30.2 Å². The van der Waals surface area contributed by atoms with Gasteiger partial charge in [0.2, 0.25) is 65.0 Å². The largest absolute Gasteiger partial charge is 0.391 e. The van der Waals surface area contributed by atoms with E-state index in [1.807, 2.05) is 33.8 Å². The number of likely N-dealkylation sites (tertiary alicyclic amines) is 1. The monoisotopic (exact) mass is 1250 g/mol. The lowest BCUT2D eigenvalue weighted by molar-refractivity contribution is -0.149. The number of benzene rings is 1. The van der Waals surface area contributed by atoms with Gasteiger partial charge in [-0.3, -0.25) is 52.7 Å². The first-order valence-electron chi connectivity index (χ1n) is 32.5. The Morgan fingerprint density at radius 3 is 1.63 bits per heavy atom. The van der Waals surface area contributed by atoms with Crippen LogP contribution in [0.3, 0.4) is 0 Å². The van der Waals surface area contributed by atoms with Gasteiger partial charge in [-0.1, -0.05) is 105 Å². The second kappa shape index (κ2) is 39.5. The quantitative estimate of drug-likeness (QED) is 0.219. The fourth-order valence-electron chi connectivity index (χ4n) is 10.4. The van der Waals surface area contributed by atoms with Crippen LogP contribution in [0.4, 0.5) is 0 Å². The number of hydrogen-bond acceptors (Lipinski definition) is 12. The van der Waals surface area contributed by atoms with Crippen LogP contribution in [0.2, 0.25) is 0 Å². The first kappa shape index (κ1) is 78.4. The highest BCUT2D eigenvalue weighted by Gasteiger charge is 2.40. The van der Waals surface area contributed by atoms with Gasteiger partial charge in [0, 0.05) is 120 Å². The molecule has 5 N–H and O–H groups in total. The predicted molar refractivity (Wildman–Crippen MR) is 344 cm³/mol. The molecule has 23 heteroatoms. The summed E-state index contributed by atoms with van der Waals surface area (Å²) < 4.78 is 0. The third-order valence-corrected chi connectivity index (χ3v) is 17.2. The maximum Gasteiger partial charge on any atom is 0.245 e.